The van der Waals surface area contributed by atoms with Crippen molar-refractivity contribution in [2.24, 2.45) is 82.7 Å². The lowest BCUT2D eigenvalue weighted by molar-refractivity contribution is -0.509. The van der Waals surface area contributed by atoms with E-state index in [9.17, 15) is 0 Å². The molecule has 0 radical (unpaired) electrons. The van der Waals surface area contributed by atoms with Crippen molar-refractivity contribution in [1.82, 2.24) is 0 Å². The van der Waals surface area contributed by atoms with Crippen molar-refractivity contribution in [2.75, 3.05) is 0 Å². The Hall–Kier alpha value is 0. The van der Waals surface area contributed by atoms with E-state index in [-0.39, 0.29) is 0 Å². The third-order valence-electron chi connectivity index (χ3n) is 25.3. The monoisotopic (exact) mass is 578 g/mol. The maximum Gasteiger partial charge on any atom is -0.0173 e. The average molecular weight is 579 g/mol. The summed E-state index contributed by atoms with van der Waals surface area (Å²) < 4.78 is 0. The summed E-state index contributed by atoms with van der Waals surface area (Å²) in [6.45, 7) is 8.01. The maximum atomic E-state index is 2.71. The van der Waals surface area contributed by atoms with Crippen LogP contribution in [0, 0.1) is 82.7 Å². The molecule has 13 aliphatic carbocycles. The van der Waals surface area contributed by atoms with Crippen LogP contribution in [0.3, 0.4) is 0 Å². The van der Waals surface area contributed by atoms with E-state index in [4.69, 9.17) is 0 Å². The molecule has 0 aromatic carbocycles. The first-order chi connectivity index (χ1) is 20.7. The molecular weight excluding hydrogens is 516 g/mol. The van der Waals surface area contributed by atoms with Gasteiger partial charge in [-0.3, -0.25) is 0 Å². The molecule has 13 fully saturated rings. The normalized spacial score (nSPS) is 75.3. The van der Waals surface area contributed by atoms with Crippen molar-refractivity contribution in [3.63, 3.8) is 0 Å². The largest absolute Gasteiger partial charge is 0.0622 e. The summed E-state index contributed by atoms with van der Waals surface area (Å²) in [5, 5.41) is 0. The van der Waals surface area contributed by atoms with Gasteiger partial charge >= 0.3 is 0 Å². The van der Waals surface area contributed by atoms with E-state index < -0.39 is 0 Å². The second-order valence-corrected chi connectivity index (χ2v) is 22.0. The number of hydrogen-bond acceptors (Lipinski definition) is 0. The van der Waals surface area contributed by atoms with E-state index in [0.717, 1.165) is 82.7 Å². The molecule has 0 aromatic heterocycles. The van der Waals surface area contributed by atoms with Gasteiger partial charge in [0, 0.05) is 0 Å². The predicted octanol–water partition coefficient (Wildman–Crippen LogP) is 11.7. The smallest absolute Gasteiger partial charge is 0.0173 e. The van der Waals surface area contributed by atoms with Gasteiger partial charge in [0.05, 0.1) is 0 Å². The standard InChI is InChI=1S/C43H62/c1-29-28-33(31(29)3)7-9-35(33)11-13-37(35)15-17-39(37)19-21-41(39)23-25-43(41)27-26-42(43)24-22-40(42)20-18-38(40)16-14-36(38)12-10-34(36)8-6-32(34)5-4-30(32)2/h29-31H,4-28H2,1-3H3. The van der Waals surface area contributed by atoms with Gasteiger partial charge in [-0.1, -0.05) is 20.8 Å². The summed E-state index contributed by atoms with van der Waals surface area (Å²) in [5.74, 6) is 3.10. The molecule has 15 atom stereocenters. The summed E-state index contributed by atoms with van der Waals surface area (Å²) in [6.07, 6.45) is 41.6. The van der Waals surface area contributed by atoms with Crippen LogP contribution in [0.1, 0.15) is 181 Å². The van der Waals surface area contributed by atoms with Crippen molar-refractivity contribution in [2.45, 2.75) is 181 Å². The maximum absolute atomic E-state index is 2.71. The third kappa shape index (κ3) is 1.63. The Balaban J connectivity index is 0.893. The zero-order chi connectivity index (χ0) is 28.4. The van der Waals surface area contributed by atoms with Crippen LogP contribution in [-0.2, 0) is 0 Å². The van der Waals surface area contributed by atoms with Crippen LogP contribution in [0.25, 0.3) is 0 Å². The number of rotatable bonds is 0. The van der Waals surface area contributed by atoms with Crippen LogP contribution < -0.4 is 0 Å². The topological polar surface area (TPSA) is 0 Å². The third-order valence-corrected chi connectivity index (χ3v) is 25.3. The Labute approximate surface area is 263 Å². The molecule has 0 amide bonds. The Morgan fingerprint density at radius 3 is 0.744 bits per heavy atom. The molecule has 0 aliphatic heterocycles. The summed E-state index contributed by atoms with van der Waals surface area (Å²) in [4.78, 5) is 0. The zero-order valence-corrected chi connectivity index (χ0v) is 28.4. The molecule has 0 saturated heterocycles. The number of fused-ring (bicyclic) bond motifs is 11. The lowest BCUT2D eigenvalue weighted by Gasteiger charge is -2.99. The van der Waals surface area contributed by atoms with Crippen LogP contribution in [0.5, 0.6) is 0 Å². The van der Waals surface area contributed by atoms with Crippen LogP contribution in [0.4, 0.5) is 0 Å². The van der Waals surface area contributed by atoms with Gasteiger partial charge in [-0.25, -0.2) is 0 Å². The highest BCUT2D eigenvalue weighted by molar-refractivity contribution is 5.45. The van der Waals surface area contributed by atoms with Gasteiger partial charge in [0.15, 0.2) is 0 Å². The fraction of sp³-hybridized carbons (Fsp3) is 1.00. The SMILES string of the molecule is CC1CC2(CCC23CCC32CCC23CCC32CCC23CCC32CCC23CCC32CCC23CCC32CCC23CCC3C)C1C. The molecule has 43 heavy (non-hydrogen) atoms. The number of hydrogen-bond donors (Lipinski definition) is 0. The molecule has 13 rings (SSSR count). The highest BCUT2D eigenvalue weighted by atomic mass is 15.0. The summed E-state index contributed by atoms with van der Waals surface area (Å²) in [5.41, 5.74) is 9.83. The van der Waals surface area contributed by atoms with Crippen molar-refractivity contribution >= 4 is 0 Å². The second kappa shape index (κ2) is 6.28. The molecule has 0 aromatic rings. The van der Waals surface area contributed by atoms with Crippen LogP contribution in [0.2, 0.25) is 0 Å². The Morgan fingerprint density at radius 2 is 0.581 bits per heavy atom. The van der Waals surface area contributed by atoms with Crippen LogP contribution in [0.15, 0.2) is 0 Å². The van der Waals surface area contributed by atoms with E-state index in [0.29, 0.717) is 0 Å². The minimum absolute atomic E-state index is 0.799. The van der Waals surface area contributed by atoms with Gasteiger partial charge in [-0.05, 0) is 243 Å². The molecule has 0 heterocycles. The summed E-state index contributed by atoms with van der Waals surface area (Å²) >= 11 is 0. The van der Waals surface area contributed by atoms with Gasteiger partial charge in [0.2, 0.25) is 0 Å². The van der Waals surface area contributed by atoms with Crippen LogP contribution in [-0.4, -0.2) is 0 Å². The molecule has 12 spiro atoms. The fourth-order valence-electron chi connectivity index (χ4n) is 22.9. The first-order valence-electron chi connectivity index (χ1n) is 20.7. The van der Waals surface area contributed by atoms with Gasteiger partial charge in [-0.2, -0.15) is 0 Å². The Bertz CT molecular complexity index is 1380. The van der Waals surface area contributed by atoms with E-state index in [1.807, 2.05) is 0 Å². The lowest BCUT2D eigenvalue weighted by atomic mass is 9.05. The molecule has 13 saturated carbocycles. The van der Waals surface area contributed by atoms with Crippen LogP contribution >= 0.6 is 0 Å². The predicted molar refractivity (Wildman–Crippen MR) is 172 cm³/mol. The molecule has 0 nitrogen and oxygen atoms in total. The molecule has 0 heteroatoms. The van der Waals surface area contributed by atoms with Crippen molar-refractivity contribution < 1.29 is 0 Å². The van der Waals surface area contributed by atoms with E-state index in [1.54, 1.807) is 161 Å². The fourth-order valence-corrected chi connectivity index (χ4v) is 22.9. The minimum atomic E-state index is 0.799. The highest BCUT2D eigenvalue weighted by Crippen LogP contribution is 3.05. The van der Waals surface area contributed by atoms with Gasteiger partial charge in [0.25, 0.3) is 0 Å². The minimum Gasteiger partial charge on any atom is -0.0622 e. The van der Waals surface area contributed by atoms with E-state index in [2.05, 4.69) is 20.8 Å². The second-order valence-electron chi connectivity index (χ2n) is 22.0. The Kier molecular flexibility index (Phi) is 3.66. The van der Waals surface area contributed by atoms with Gasteiger partial charge in [0.1, 0.15) is 0 Å². The molecule has 0 N–H and O–H groups in total. The van der Waals surface area contributed by atoms with E-state index >= 15 is 0 Å². The van der Waals surface area contributed by atoms with Crippen molar-refractivity contribution in [3.05, 3.63) is 0 Å². The Morgan fingerprint density at radius 1 is 0.302 bits per heavy atom. The molecular formula is C43H62. The average Bonchev–Trinajstić information content (AvgIpc) is 2.80. The lowest BCUT2D eigenvalue weighted by Crippen LogP contribution is -2.92. The quantitative estimate of drug-likeness (QED) is 0.268. The zero-order valence-electron chi connectivity index (χ0n) is 28.4. The van der Waals surface area contributed by atoms with Crippen molar-refractivity contribution in [3.8, 4) is 0 Å². The molecule has 15 unspecified atom stereocenters. The molecule has 234 valence electrons. The molecule has 13 aliphatic rings. The van der Waals surface area contributed by atoms with Crippen molar-refractivity contribution in [1.29, 1.82) is 0 Å². The first-order valence-corrected chi connectivity index (χ1v) is 20.7. The highest BCUT2D eigenvalue weighted by Gasteiger charge is 2.97. The summed E-state index contributed by atoms with van der Waals surface area (Å²) in [7, 11) is 0. The van der Waals surface area contributed by atoms with Gasteiger partial charge < -0.3 is 0 Å². The molecule has 0 bridgehead atoms. The first kappa shape index (κ1) is 25.1. The summed E-state index contributed by atoms with van der Waals surface area (Å²) in [6, 6.07) is 0. The van der Waals surface area contributed by atoms with Gasteiger partial charge in [-0.15, -0.1) is 0 Å². The van der Waals surface area contributed by atoms with E-state index in [1.165, 1.54) is 0 Å².